The van der Waals surface area contributed by atoms with Crippen LogP contribution in [0.15, 0.2) is 24.3 Å². The SMILES string of the molecule is COc1ccc(C[C@H](NC(=O)CCC2CCNCC2)C(=O)N2CCC(CCC(=O)O)CC2)cc1. The van der Waals surface area contributed by atoms with Crippen LogP contribution in [0, 0.1) is 11.8 Å². The van der Waals surface area contributed by atoms with Crippen molar-refractivity contribution in [2.24, 2.45) is 11.8 Å². The maximum atomic E-state index is 13.4. The second-order valence-corrected chi connectivity index (χ2v) is 9.61. The molecule has 2 heterocycles. The molecule has 2 aliphatic heterocycles. The van der Waals surface area contributed by atoms with E-state index in [1.807, 2.05) is 29.2 Å². The van der Waals surface area contributed by atoms with Gasteiger partial charge in [0, 0.05) is 32.4 Å². The zero-order valence-corrected chi connectivity index (χ0v) is 20.3. The van der Waals surface area contributed by atoms with Crippen LogP contribution in [0.3, 0.4) is 0 Å². The first-order valence-electron chi connectivity index (χ1n) is 12.6. The Labute approximate surface area is 202 Å². The molecule has 1 aromatic rings. The third kappa shape index (κ3) is 8.31. The summed E-state index contributed by atoms with van der Waals surface area (Å²) < 4.78 is 5.23. The van der Waals surface area contributed by atoms with Crippen molar-refractivity contribution in [1.29, 1.82) is 0 Å². The number of benzene rings is 1. The monoisotopic (exact) mass is 473 g/mol. The molecule has 0 spiro atoms. The average Bonchev–Trinajstić information content (AvgIpc) is 2.87. The molecule has 0 radical (unpaired) electrons. The van der Waals surface area contributed by atoms with Crippen molar-refractivity contribution in [3.63, 3.8) is 0 Å². The fourth-order valence-corrected chi connectivity index (χ4v) is 4.96. The minimum atomic E-state index is -0.773. The number of methoxy groups -OCH3 is 1. The van der Waals surface area contributed by atoms with Crippen LogP contribution in [0.4, 0.5) is 0 Å². The zero-order chi connectivity index (χ0) is 24.3. The van der Waals surface area contributed by atoms with Crippen molar-refractivity contribution in [2.75, 3.05) is 33.3 Å². The molecular weight excluding hydrogens is 434 g/mol. The molecule has 2 fully saturated rings. The van der Waals surface area contributed by atoms with Gasteiger partial charge in [-0.15, -0.1) is 0 Å². The molecule has 0 unspecified atom stereocenters. The lowest BCUT2D eigenvalue weighted by atomic mass is 9.91. The molecule has 8 heteroatoms. The lowest BCUT2D eigenvalue weighted by Crippen LogP contribution is -2.51. The topological polar surface area (TPSA) is 108 Å². The Kier molecular flexibility index (Phi) is 10.2. The number of amides is 2. The molecule has 1 atom stereocenters. The minimum Gasteiger partial charge on any atom is -0.497 e. The van der Waals surface area contributed by atoms with E-state index in [-0.39, 0.29) is 18.2 Å². The number of hydrogen-bond donors (Lipinski definition) is 3. The van der Waals surface area contributed by atoms with Crippen LogP contribution < -0.4 is 15.4 Å². The van der Waals surface area contributed by atoms with Gasteiger partial charge in [-0.2, -0.15) is 0 Å². The molecule has 3 N–H and O–H groups in total. The van der Waals surface area contributed by atoms with Gasteiger partial charge < -0.3 is 25.4 Å². The molecule has 8 nitrogen and oxygen atoms in total. The lowest BCUT2D eigenvalue weighted by Gasteiger charge is -2.34. The van der Waals surface area contributed by atoms with Gasteiger partial charge in [-0.05, 0) is 81.1 Å². The number of carboxylic acid groups (broad SMARTS) is 1. The molecule has 0 aromatic heterocycles. The van der Waals surface area contributed by atoms with Gasteiger partial charge >= 0.3 is 5.97 Å². The van der Waals surface area contributed by atoms with Crippen LogP contribution in [-0.4, -0.2) is 67.1 Å². The molecule has 0 bridgehead atoms. The summed E-state index contributed by atoms with van der Waals surface area (Å²) in [5, 5.41) is 15.3. The number of carbonyl (C=O) groups is 3. The number of rotatable bonds is 11. The van der Waals surface area contributed by atoms with E-state index in [1.165, 1.54) is 0 Å². The van der Waals surface area contributed by atoms with Crippen LogP contribution in [0.5, 0.6) is 5.75 Å². The fraction of sp³-hybridized carbons (Fsp3) is 0.654. The molecule has 2 amide bonds. The summed E-state index contributed by atoms with van der Waals surface area (Å²) in [4.78, 5) is 38.9. The summed E-state index contributed by atoms with van der Waals surface area (Å²) in [5.41, 5.74) is 0.967. The van der Waals surface area contributed by atoms with Crippen LogP contribution in [0.1, 0.15) is 56.9 Å². The number of ether oxygens (including phenoxy) is 1. The fourth-order valence-electron chi connectivity index (χ4n) is 4.96. The molecule has 0 saturated carbocycles. The molecule has 188 valence electrons. The Hall–Kier alpha value is -2.61. The van der Waals surface area contributed by atoms with Gasteiger partial charge in [-0.25, -0.2) is 0 Å². The Morgan fingerprint density at radius 3 is 2.26 bits per heavy atom. The van der Waals surface area contributed by atoms with E-state index < -0.39 is 12.0 Å². The van der Waals surface area contributed by atoms with Crippen molar-refractivity contribution in [3.8, 4) is 5.75 Å². The molecular formula is C26H39N3O5. The third-order valence-electron chi connectivity index (χ3n) is 7.16. The van der Waals surface area contributed by atoms with E-state index in [0.717, 1.165) is 56.5 Å². The Balaban J connectivity index is 1.58. The van der Waals surface area contributed by atoms with Gasteiger partial charge in [-0.1, -0.05) is 12.1 Å². The van der Waals surface area contributed by atoms with E-state index in [9.17, 15) is 14.4 Å². The van der Waals surface area contributed by atoms with Crippen molar-refractivity contribution < 1.29 is 24.2 Å². The van der Waals surface area contributed by atoms with Crippen LogP contribution >= 0.6 is 0 Å². The van der Waals surface area contributed by atoms with Crippen molar-refractivity contribution >= 4 is 17.8 Å². The smallest absolute Gasteiger partial charge is 0.303 e. The first-order chi connectivity index (χ1) is 16.4. The van der Waals surface area contributed by atoms with Crippen molar-refractivity contribution in [1.82, 2.24) is 15.5 Å². The van der Waals surface area contributed by atoms with Crippen LogP contribution in [-0.2, 0) is 20.8 Å². The number of likely N-dealkylation sites (tertiary alicyclic amines) is 1. The Morgan fingerprint density at radius 1 is 1.03 bits per heavy atom. The highest BCUT2D eigenvalue weighted by molar-refractivity contribution is 5.88. The van der Waals surface area contributed by atoms with E-state index in [2.05, 4.69) is 10.6 Å². The number of nitrogens with one attached hydrogen (secondary N) is 2. The second-order valence-electron chi connectivity index (χ2n) is 9.61. The summed E-state index contributed by atoms with van der Waals surface area (Å²) in [7, 11) is 1.62. The quantitative estimate of drug-likeness (QED) is 0.456. The summed E-state index contributed by atoms with van der Waals surface area (Å²) in [6.45, 7) is 3.22. The van der Waals surface area contributed by atoms with Gasteiger partial charge in [0.2, 0.25) is 11.8 Å². The Bertz CT molecular complexity index is 799. The number of aliphatic carboxylic acids is 1. The number of nitrogens with zero attached hydrogens (tertiary/aromatic N) is 1. The summed E-state index contributed by atoms with van der Waals surface area (Å²) in [5.74, 6) is 0.753. The number of piperidine rings is 2. The van der Waals surface area contributed by atoms with Crippen molar-refractivity contribution in [3.05, 3.63) is 29.8 Å². The normalized spacial score (nSPS) is 18.3. The molecule has 0 aliphatic carbocycles. The van der Waals surface area contributed by atoms with Gasteiger partial charge in [0.15, 0.2) is 0 Å². The van der Waals surface area contributed by atoms with E-state index in [1.54, 1.807) is 7.11 Å². The predicted octanol–water partition coefficient (Wildman–Crippen LogP) is 2.61. The third-order valence-corrected chi connectivity index (χ3v) is 7.16. The maximum absolute atomic E-state index is 13.4. The van der Waals surface area contributed by atoms with E-state index in [4.69, 9.17) is 9.84 Å². The van der Waals surface area contributed by atoms with Gasteiger partial charge in [-0.3, -0.25) is 14.4 Å². The minimum absolute atomic E-state index is 0.0530. The van der Waals surface area contributed by atoms with Gasteiger partial charge in [0.1, 0.15) is 11.8 Å². The molecule has 2 aliphatic rings. The van der Waals surface area contributed by atoms with E-state index in [0.29, 0.717) is 44.2 Å². The largest absolute Gasteiger partial charge is 0.497 e. The highest BCUT2D eigenvalue weighted by Crippen LogP contribution is 2.23. The predicted molar refractivity (Wildman–Crippen MR) is 130 cm³/mol. The Morgan fingerprint density at radius 2 is 1.65 bits per heavy atom. The van der Waals surface area contributed by atoms with E-state index >= 15 is 0 Å². The van der Waals surface area contributed by atoms with Crippen LogP contribution in [0.2, 0.25) is 0 Å². The summed E-state index contributed by atoms with van der Waals surface area (Å²) in [6.07, 6.45) is 6.35. The first kappa shape index (κ1) is 26.0. The highest BCUT2D eigenvalue weighted by atomic mass is 16.5. The molecule has 3 rings (SSSR count). The highest BCUT2D eigenvalue weighted by Gasteiger charge is 2.30. The number of hydrogen-bond acceptors (Lipinski definition) is 5. The maximum Gasteiger partial charge on any atom is 0.303 e. The second kappa shape index (κ2) is 13.3. The molecule has 1 aromatic carbocycles. The van der Waals surface area contributed by atoms with Crippen molar-refractivity contribution in [2.45, 2.75) is 63.8 Å². The lowest BCUT2D eigenvalue weighted by molar-refractivity contribution is -0.139. The number of carbonyl (C=O) groups excluding carboxylic acids is 2. The molecule has 2 saturated heterocycles. The number of carboxylic acids is 1. The van der Waals surface area contributed by atoms with Crippen LogP contribution in [0.25, 0.3) is 0 Å². The summed E-state index contributed by atoms with van der Waals surface area (Å²) in [6, 6.07) is 6.98. The first-order valence-corrected chi connectivity index (χ1v) is 12.6. The zero-order valence-electron chi connectivity index (χ0n) is 20.3. The molecule has 34 heavy (non-hydrogen) atoms. The average molecular weight is 474 g/mol. The standard InChI is InChI=1S/C26H39N3O5/c1-34-22-6-2-21(3-7-22)18-23(28-24(30)8-4-19-10-14-27-15-11-19)26(33)29-16-12-20(13-17-29)5-9-25(31)32/h2-3,6-7,19-20,23,27H,4-5,8-18H2,1H3,(H,28,30)(H,31,32)/t23-/m0/s1. The summed E-state index contributed by atoms with van der Waals surface area (Å²) >= 11 is 0. The van der Waals surface area contributed by atoms with Gasteiger partial charge in [0.25, 0.3) is 0 Å². The van der Waals surface area contributed by atoms with Gasteiger partial charge in [0.05, 0.1) is 7.11 Å².